The van der Waals surface area contributed by atoms with Crippen LogP contribution in [0.15, 0.2) is 60.0 Å². The summed E-state index contributed by atoms with van der Waals surface area (Å²) < 4.78 is 6.17. The monoisotopic (exact) mass is 421 g/mol. The highest BCUT2D eigenvalue weighted by Gasteiger charge is 2.27. The highest BCUT2D eigenvalue weighted by Crippen LogP contribution is 2.31. The normalized spacial score (nSPS) is 19.6. The molecule has 1 aliphatic heterocycles. The van der Waals surface area contributed by atoms with Gasteiger partial charge in [0.2, 0.25) is 5.91 Å². The van der Waals surface area contributed by atoms with Crippen LogP contribution in [-0.4, -0.2) is 35.0 Å². The van der Waals surface area contributed by atoms with Gasteiger partial charge in [-0.15, -0.1) is 11.3 Å². The molecule has 0 bridgehead atoms. The number of hydrogen-bond donors (Lipinski definition) is 0. The van der Waals surface area contributed by atoms with Gasteiger partial charge in [-0.2, -0.15) is 0 Å². The van der Waals surface area contributed by atoms with Crippen LogP contribution in [0.5, 0.6) is 0 Å². The van der Waals surface area contributed by atoms with E-state index in [2.05, 4.69) is 41.5 Å². The van der Waals surface area contributed by atoms with E-state index in [9.17, 15) is 4.79 Å². The molecule has 2 aromatic carbocycles. The van der Waals surface area contributed by atoms with E-state index in [1.54, 1.807) is 11.8 Å². The van der Waals surface area contributed by atoms with Crippen molar-refractivity contribution in [2.24, 2.45) is 0 Å². The number of carbonyl (C=O) groups excluding carboxylic acids is 1. The molecule has 0 saturated carbocycles. The van der Waals surface area contributed by atoms with Gasteiger partial charge in [0.05, 0.1) is 23.6 Å². The third kappa shape index (κ3) is 4.78. The summed E-state index contributed by atoms with van der Waals surface area (Å²) in [5.41, 5.74) is 4.19. The summed E-state index contributed by atoms with van der Waals surface area (Å²) in [6.45, 7) is 8.17. The number of hydrogen-bond acceptors (Lipinski definition) is 5. The summed E-state index contributed by atoms with van der Waals surface area (Å²) in [5.74, 6) is -0.0381. The van der Waals surface area contributed by atoms with Crippen LogP contribution >= 0.6 is 11.3 Å². The van der Waals surface area contributed by atoms with Crippen LogP contribution in [0.2, 0.25) is 0 Å². The number of anilines is 2. The second-order valence-corrected chi connectivity index (χ2v) is 8.69. The summed E-state index contributed by atoms with van der Waals surface area (Å²) in [6.07, 6.45) is 0.220. The Bertz CT molecular complexity index is 987. The maximum absolute atomic E-state index is 12.3. The van der Waals surface area contributed by atoms with Gasteiger partial charge in [-0.05, 0) is 31.5 Å². The lowest BCUT2D eigenvalue weighted by molar-refractivity contribution is -0.115. The molecular weight excluding hydrogens is 394 g/mol. The standard InChI is InChI=1S/C24H27N3O2S/c1-17-9-11-22(12-10-17)27(19(3)28)24-25-21(16-30-24)14-26-13-18(2)29-23(15-26)20-7-5-4-6-8-20/h4-12,16,18,23H,13-15H2,1-3H3. The highest BCUT2D eigenvalue weighted by molar-refractivity contribution is 7.14. The van der Waals surface area contributed by atoms with Gasteiger partial charge in [-0.3, -0.25) is 14.6 Å². The lowest BCUT2D eigenvalue weighted by Crippen LogP contribution is -2.42. The minimum absolute atomic E-state index is 0.0381. The predicted molar refractivity (Wildman–Crippen MR) is 121 cm³/mol. The van der Waals surface area contributed by atoms with Gasteiger partial charge in [0.15, 0.2) is 5.13 Å². The number of aryl methyl sites for hydroxylation is 1. The van der Waals surface area contributed by atoms with E-state index >= 15 is 0 Å². The number of ether oxygens (including phenoxy) is 1. The van der Waals surface area contributed by atoms with Gasteiger partial charge in [-0.1, -0.05) is 48.0 Å². The second-order valence-electron chi connectivity index (χ2n) is 7.85. The van der Waals surface area contributed by atoms with Crippen LogP contribution in [0.25, 0.3) is 0 Å². The summed E-state index contributed by atoms with van der Waals surface area (Å²) in [6, 6.07) is 18.3. The van der Waals surface area contributed by atoms with E-state index in [1.165, 1.54) is 16.9 Å². The largest absolute Gasteiger partial charge is 0.368 e. The SMILES string of the molecule is CC(=O)N(c1ccc(C)cc1)c1nc(CN2CC(C)OC(c3ccccc3)C2)cs1. The average molecular weight is 422 g/mol. The molecule has 0 radical (unpaired) electrons. The number of amides is 1. The summed E-state index contributed by atoms with van der Waals surface area (Å²) >= 11 is 1.51. The average Bonchev–Trinajstić information content (AvgIpc) is 3.17. The lowest BCUT2D eigenvalue weighted by Gasteiger charge is -2.36. The van der Waals surface area contributed by atoms with E-state index in [1.807, 2.05) is 37.3 Å². The third-order valence-electron chi connectivity index (χ3n) is 5.23. The zero-order valence-corrected chi connectivity index (χ0v) is 18.4. The zero-order chi connectivity index (χ0) is 21.1. The molecule has 2 atom stereocenters. The number of carbonyl (C=O) groups is 1. The first-order valence-corrected chi connectivity index (χ1v) is 11.1. The first kappa shape index (κ1) is 20.7. The number of aromatic nitrogens is 1. The van der Waals surface area contributed by atoms with Crippen molar-refractivity contribution in [3.63, 3.8) is 0 Å². The molecule has 2 unspecified atom stereocenters. The molecule has 1 fully saturated rings. The van der Waals surface area contributed by atoms with Crippen molar-refractivity contribution in [3.05, 3.63) is 76.8 Å². The van der Waals surface area contributed by atoms with Crippen molar-refractivity contribution in [1.29, 1.82) is 0 Å². The number of morpholine rings is 1. The predicted octanol–water partition coefficient (Wildman–Crippen LogP) is 5.10. The van der Waals surface area contributed by atoms with Gasteiger partial charge < -0.3 is 4.74 Å². The van der Waals surface area contributed by atoms with Gasteiger partial charge in [-0.25, -0.2) is 4.98 Å². The topological polar surface area (TPSA) is 45.7 Å². The Hall–Kier alpha value is -2.54. The minimum atomic E-state index is -0.0381. The molecule has 1 saturated heterocycles. The quantitative estimate of drug-likeness (QED) is 0.575. The first-order valence-electron chi connectivity index (χ1n) is 10.2. The summed E-state index contributed by atoms with van der Waals surface area (Å²) in [7, 11) is 0. The van der Waals surface area contributed by atoms with Gasteiger partial charge in [0, 0.05) is 31.9 Å². The Morgan fingerprint density at radius 1 is 1.17 bits per heavy atom. The maximum atomic E-state index is 12.3. The van der Waals surface area contributed by atoms with E-state index in [0.717, 1.165) is 36.6 Å². The number of thiazole rings is 1. The van der Waals surface area contributed by atoms with Crippen molar-refractivity contribution >= 4 is 28.1 Å². The fraction of sp³-hybridized carbons (Fsp3) is 0.333. The molecule has 0 N–H and O–H groups in total. The Morgan fingerprint density at radius 3 is 2.60 bits per heavy atom. The molecule has 2 heterocycles. The van der Waals surface area contributed by atoms with Crippen molar-refractivity contribution in [2.75, 3.05) is 18.0 Å². The molecule has 4 rings (SSSR count). The van der Waals surface area contributed by atoms with Gasteiger partial charge >= 0.3 is 0 Å². The Labute approximate surface area is 181 Å². The van der Waals surface area contributed by atoms with Crippen LogP contribution < -0.4 is 4.90 Å². The van der Waals surface area contributed by atoms with E-state index < -0.39 is 0 Å². The van der Waals surface area contributed by atoms with Crippen LogP contribution in [0.1, 0.15) is 36.8 Å². The van der Waals surface area contributed by atoms with Crippen molar-refractivity contribution in [3.8, 4) is 0 Å². The molecular formula is C24H27N3O2S. The molecule has 5 nitrogen and oxygen atoms in total. The Kier molecular flexibility index (Phi) is 6.27. The Balaban J connectivity index is 1.49. The molecule has 1 amide bonds. The molecule has 30 heavy (non-hydrogen) atoms. The zero-order valence-electron chi connectivity index (χ0n) is 17.6. The van der Waals surface area contributed by atoms with Crippen molar-refractivity contribution in [2.45, 2.75) is 39.5 Å². The molecule has 0 aliphatic carbocycles. The summed E-state index contributed by atoms with van der Waals surface area (Å²) in [5, 5.41) is 2.76. The van der Waals surface area contributed by atoms with Gasteiger partial charge in [0.1, 0.15) is 0 Å². The fourth-order valence-corrected chi connectivity index (χ4v) is 4.72. The maximum Gasteiger partial charge on any atom is 0.230 e. The Morgan fingerprint density at radius 2 is 1.90 bits per heavy atom. The number of rotatable bonds is 5. The number of nitrogens with zero attached hydrogens (tertiary/aromatic N) is 3. The van der Waals surface area contributed by atoms with Crippen molar-refractivity contribution < 1.29 is 9.53 Å². The fourth-order valence-electron chi connectivity index (χ4n) is 3.84. The molecule has 3 aromatic rings. The van der Waals surface area contributed by atoms with E-state index in [4.69, 9.17) is 9.72 Å². The molecule has 1 aromatic heterocycles. The first-order chi connectivity index (χ1) is 14.5. The number of benzene rings is 2. The van der Waals surface area contributed by atoms with E-state index in [-0.39, 0.29) is 18.1 Å². The second kappa shape index (κ2) is 9.08. The van der Waals surface area contributed by atoms with Crippen LogP contribution in [0.4, 0.5) is 10.8 Å². The van der Waals surface area contributed by atoms with Crippen LogP contribution in [0, 0.1) is 6.92 Å². The molecule has 156 valence electrons. The summed E-state index contributed by atoms with van der Waals surface area (Å²) in [4.78, 5) is 21.2. The van der Waals surface area contributed by atoms with Gasteiger partial charge in [0.25, 0.3) is 0 Å². The highest BCUT2D eigenvalue weighted by atomic mass is 32.1. The van der Waals surface area contributed by atoms with E-state index in [0.29, 0.717) is 5.13 Å². The smallest absolute Gasteiger partial charge is 0.230 e. The molecule has 0 spiro atoms. The third-order valence-corrected chi connectivity index (χ3v) is 6.11. The molecule has 1 aliphatic rings. The van der Waals surface area contributed by atoms with Crippen LogP contribution in [-0.2, 0) is 16.1 Å². The van der Waals surface area contributed by atoms with Crippen LogP contribution in [0.3, 0.4) is 0 Å². The molecule has 6 heteroatoms. The van der Waals surface area contributed by atoms with Crippen molar-refractivity contribution in [1.82, 2.24) is 9.88 Å². The lowest BCUT2D eigenvalue weighted by atomic mass is 10.1. The minimum Gasteiger partial charge on any atom is -0.368 e.